The maximum absolute atomic E-state index is 8.96. The first-order chi connectivity index (χ1) is 8.31. The van der Waals surface area contributed by atoms with Crippen molar-refractivity contribution in [1.82, 2.24) is 0 Å². The molecule has 0 saturated carbocycles. The second-order valence-corrected chi connectivity index (χ2v) is 4.26. The van der Waals surface area contributed by atoms with Gasteiger partial charge in [-0.2, -0.15) is 0 Å². The molecule has 18 heavy (non-hydrogen) atoms. The van der Waals surface area contributed by atoms with Crippen LogP contribution in [-0.4, -0.2) is 79.3 Å². The van der Waals surface area contributed by atoms with E-state index < -0.39 is 37.6 Å². The van der Waals surface area contributed by atoms with E-state index in [4.69, 9.17) is 30.6 Å². The van der Waals surface area contributed by atoms with Crippen molar-refractivity contribution in [3.63, 3.8) is 0 Å². The molecular weight excluding hydrogens is 284 g/mol. The highest BCUT2D eigenvalue weighted by Crippen LogP contribution is 2.03. The smallest absolute Gasteiger partial charge is 0.216 e. The van der Waals surface area contributed by atoms with Crippen LogP contribution in [0.2, 0.25) is 0 Å². The van der Waals surface area contributed by atoms with E-state index in [2.05, 4.69) is 29.6 Å². The van der Waals surface area contributed by atoms with Gasteiger partial charge >= 0.3 is 0 Å². The van der Waals surface area contributed by atoms with E-state index in [9.17, 15) is 0 Å². The van der Waals surface area contributed by atoms with Crippen molar-refractivity contribution in [3.05, 3.63) is 0 Å². The Balaban J connectivity index is 0. The lowest BCUT2D eigenvalue weighted by molar-refractivity contribution is -0.123. The Morgan fingerprint density at radius 2 is 1.39 bits per heavy atom. The first-order valence-electron chi connectivity index (χ1n) is 5.11. The van der Waals surface area contributed by atoms with Crippen LogP contribution in [0.5, 0.6) is 0 Å². The van der Waals surface area contributed by atoms with Crippen molar-refractivity contribution >= 4 is 29.2 Å². The first-order valence-corrected chi connectivity index (χ1v) is 5.96. The lowest BCUT2D eigenvalue weighted by Gasteiger charge is -2.24. The number of hydrogen-bond donors (Lipinski definition) is 7. The second-order valence-electron chi connectivity index (χ2n) is 3.18. The minimum Gasteiger partial charge on any atom is -0.479 e. The Kier molecular flexibility index (Phi) is 13.6. The van der Waals surface area contributed by atoms with Crippen molar-refractivity contribution in [1.29, 1.82) is 0 Å². The zero-order valence-corrected chi connectivity index (χ0v) is 11.6. The Hall–Kier alpha value is -0.0000000000000000694. The summed E-state index contributed by atoms with van der Waals surface area (Å²) in [5.41, 5.74) is 0. The van der Waals surface area contributed by atoms with Gasteiger partial charge in [-0.1, -0.05) is 12.6 Å². The highest BCUT2D eigenvalue weighted by Gasteiger charge is 2.29. The fourth-order valence-electron chi connectivity index (χ4n) is 0.795. The molecule has 0 unspecified atom stereocenters. The van der Waals surface area contributed by atoms with Crippen LogP contribution in [0.4, 0.5) is 0 Å². The number of thiocarbonyl (C=S) groups is 1. The molecule has 0 aliphatic carbocycles. The quantitative estimate of drug-likeness (QED) is 0.214. The summed E-state index contributed by atoms with van der Waals surface area (Å²) in [5.74, 6) is 0. The summed E-state index contributed by atoms with van der Waals surface area (Å²) in [6.07, 6.45) is -6.39. The van der Waals surface area contributed by atoms with Crippen LogP contribution >= 0.6 is 24.8 Å². The van der Waals surface area contributed by atoms with Crippen molar-refractivity contribution in [2.75, 3.05) is 19.8 Å². The highest BCUT2D eigenvalue weighted by molar-refractivity contribution is 8.10. The van der Waals surface area contributed by atoms with Gasteiger partial charge in [0.1, 0.15) is 24.4 Å². The molecule has 0 spiro atoms. The molecular formula is C9H20O7S2. The summed E-state index contributed by atoms with van der Waals surface area (Å²) in [5, 5.41) is 52.2. The van der Waals surface area contributed by atoms with Crippen LogP contribution in [0.3, 0.4) is 0 Å². The molecule has 6 N–H and O–H groups in total. The summed E-state index contributed by atoms with van der Waals surface area (Å²) < 4.78 is 4.95. The molecule has 0 saturated heterocycles. The molecule has 0 aliphatic rings. The number of thiol groups is 1. The van der Waals surface area contributed by atoms with Gasteiger partial charge < -0.3 is 35.4 Å². The topological polar surface area (TPSA) is 131 Å². The lowest BCUT2D eigenvalue weighted by atomic mass is 10.0. The Labute approximate surface area is 116 Å². The molecule has 0 aromatic rings. The van der Waals surface area contributed by atoms with Gasteiger partial charge in [-0.15, -0.1) is 0 Å². The van der Waals surface area contributed by atoms with E-state index in [1.807, 2.05) is 6.92 Å². The molecule has 7 nitrogen and oxygen atoms in total. The van der Waals surface area contributed by atoms with Crippen LogP contribution in [0.25, 0.3) is 0 Å². The van der Waals surface area contributed by atoms with E-state index >= 15 is 0 Å². The van der Waals surface area contributed by atoms with Crippen LogP contribution in [0.1, 0.15) is 6.92 Å². The monoisotopic (exact) mass is 304 g/mol. The standard InChI is InChI=1S/C6H14O6.C3H6OS2/c7-1-3(9)5(11)6(12)4(10)2-8;1-2-4-3(5)6/h3-12H,1-2H2;2H2,1H3,(H,5,6)/t3-,4-,5-,6-;/m1./s1. The predicted octanol–water partition coefficient (Wildman–Crippen LogP) is -2.35. The number of aliphatic hydroxyl groups excluding tert-OH is 6. The van der Waals surface area contributed by atoms with Gasteiger partial charge in [0.2, 0.25) is 4.38 Å². The molecule has 0 aliphatic heterocycles. The van der Waals surface area contributed by atoms with Crippen molar-refractivity contribution in [2.45, 2.75) is 31.3 Å². The van der Waals surface area contributed by atoms with E-state index in [0.29, 0.717) is 11.0 Å². The maximum atomic E-state index is 8.96. The zero-order chi connectivity index (χ0) is 14.7. The largest absolute Gasteiger partial charge is 0.479 e. The van der Waals surface area contributed by atoms with E-state index in [1.54, 1.807) is 0 Å². The Morgan fingerprint density at radius 1 is 1.06 bits per heavy atom. The third-order valence-corrected chi connectivity index (χ3v) is 2.03. The average Bonchev–Trinajstić information content (AvgIpc) is 2.35. The number of ether oxygens (including phenoxy) is 1. The SMILES string of the molecule is CCOC(=S)S.OC[C@@H](O)[C@@H](O)[C@H](O)[C@H](O)CO. The molecule has 0 rings (SSSR count). The van der Waals surface area contributed by atoms with Crippen molar-refractivity contribution in [3.8, 4) is 0 Å². The second kappa shape index (κ2) is 12.1. The molecule has 0 heterocycles. The van der Waals surface area contributed by atoms with Gasteiger partial charge in [-0.25, -0.2) is 0 Å². The maximum Gasteiger partial charge on any atom is 0.216 e. The summed E-state index contributed by atoms with van der Waals surface area (Å²) >= 11 is 8.12. The fraction of sp³-hybridized carbons (Fsp3) is 0.889. The zero-order valence-electron chi connectivity index (χ0n) is 9.88. The van der Waals surface area contributed by atoms with Gasteiger partial charge in [0.15, 0.2) is 0 Å². The van der Waals surface area contributed by atoms with Gasteiger partial charge in [-0.05, 0) is 19.1 Å². The lowest BCUT2D eigenvalue weighted by Crippen LogP contribution is -2.46. The molecule has 0 aromatic heterocycles. The van der Waals surface area contributed by atoms with E-state index in [0.717, 1.165) is 0 Å². The molecule has 0 radical (unpaired) electrons. The van der Waals surface area contributed by atoms with Crippen molar-refractivity contribution < 1.29 is 35.4 Å². The summed E-state index contributed by atoms with van der Waals surface area (Å²) in [6, 6.07) is 0. The molecule has 110 valence electrons. The minimum absolute atomic E-state index is 0.317. The third-order valence-electron chi connectivity index (χ3n) is 1.78. The molecule has 0 fully saturated rings. The molecule has 4 atom stereocenters. The normalized spacial score (nSPS) is 16.9. The van der Waals surface area contributed by atoms with Crippen LogP contribution < -0.4 is 0 Å². The number of hydrogen-bond acceptors (Lipinski definition) is 8. The van der Waals surface area contributed by atoms with Crippen molar-refractivity contribution in [2.24, 2.45) is 0 Å². The van der Waals surface area contributed by atoms with Gasteiger partial charge in [-0.3, -0.25) is 0 Å². The molecule has 9 heteroatoms. The highest BCUT2D eigenvalue weighted by atomic mass is 32.1. The summed E-state index contributed by atoms with van der Waals surface area (Å²) in [4.78, 5) is 0. The summed E-state index contributed by atoms with van der Waals surface area (Å²) in [6.45, 7) is 1.03. The summed E-state index contributed by atoms with van der Waals surface area (Å²) in [7, 11) is 0. The van der Waals surface area contributed by atoms with Crippen LogP contribution in [0, 0.1) is 0 Å². The molecule has 0 bridgehead atoms. The molecule has 0 amide bonds. The first kappa shape index (κ1) is 20.3. The number of rotatable bonds is 6. The molecule has 0 aromatic carbocycles. The van der Waals surface area contributed by atoms with Gasteiger partial charge in [0.05, 0.1) is 19.8 Å². The van der Waals surface area contributed by atoms with E-state index in [-0.39, 0.29) is 0 Å². The third kappa shape index (κ3) is 9.97. The predicted molar refractivity (Wildman–Crippen MR) is 71.4 cm³/mol. The minimum atomic E-state index is -1.67. The Morgan fingerprint density at radius 3 is 1.50 bits per heavy atom. The van der Waals surface area contributed by atoms with E-state index in [1.165, 1.54) is 0 Å². The number of aliphatic hydroxyl groups is 6. The van der Waals surface area contributed by atoms with Gasteiger partial charge in [0, 0.05) is 0 Å². The van der Waals surface area contributed by atoms with Crippen LogP contribution in [0.15, 0.2) is 0 Å². The average molecular weight is 304 g/mol. The van der Waals surface area contributed by atoms with Gasteiger partial charge in [0.25, 0.3) is 0 Å². The Bertz CT molecular complexity index is 203. The van der Waals surface area contributed by atoms with Crippen LogP contribution in [-0.2, 0) is 4.74 Å². The fourth-order valence-corrected chi connectivity index (χ4v) is 1.04.